The smallest absolute Gasteiger partial charge is 0.257 e. The number of nitrogens with zero attached hydrogens (tertiary/aromatic N) is 1. The van der Waals surface area contributed by atoms with Crippen LogP contribution < -0.4 is 10.1 Å². The molecule has 98 valence electrons. The summed E-state index contributed by atoms with van der Waals surface area (Å²) in [6.45, 7) is 6.30. The number of rotatable bonds is 6. The number of hydrogen-bond acceptors (Lipinski definition) is 4. The van der Waals surface area contributed by atoms with E-state index in [1.807, 2.05) is 13.8 Å². The van der Waals surface area contributed by atoms with Gasteiger partial charge in [-0.2, -0.15) is 0 Å². The summed E-state index contributed by atoms with van der Waals surface area (Å²) in [7, 11) is 0. The van der Waals surface area contributed by atoms with E-state index in [-0.39, 0.29) is 18.2 Å². The summed E-state index contributed by atoms with van der Waals surface area (Å²) in [5.41, 5.74) is 0.945. The average Bonchev–Trinajstić information content (AvgIpc) is 2.34. The van der Waals surface area contributed by atoms with Crippen molar-refractivity contribution in [1.29, 1.82) is 0 Å². The zero-order chi connectivity index (χ0) is 13.5. The summed E-state index contributed by atoms with van der Waals surface area (Å²) in [6.07, 6.45) is 0.619. The van der Waals surface area contributed by atoms with Crippen molar-refractivity contribution in [3.63, 3.8) is 0 Å². The third-order valence-corrected chi connectivity index (χ3v) is 2.20. The molecule has 0 unspecified atom stereocenters. The molecule has 0 fully saturated rings. The van der Waals surface area contributed by atoms with E-state index in [0.29, 0.717) is 24.5 Å². The highest BCUT2D eigenvalue weighted by atomic mass is 16.5. The molecule has 0 aromatic carbocycles. The SMILES string of the molecule is Cc1ccc(OCC(=O)NCC(C)C)c(C=O)n1. The Kier molecular flexibility index (Phi) is 5.30. The number of nitrogens with one attached hydrogen (secondary N) is 1. The number of hydrogen-bond donors (Lipinski definition) is 1. The van der Waals surface area contributed by atoms with Crippen LogP contribution in [0, 0.1) is 12.8 Å². The topological polar surface area (TPSA) is 68.3 Å². The van der Waals surface area contributed by atoms with Crippen molar-refractivity contribution >= 4 is 12.2 Å². The van der Waals surface area contributed by atoms with E-state index in [1.165, 1.54) is 0 Å². The largest absolute Gasteiger partial charge is 0.481 e. The van der Waals surface area contributed by atoms with Crippen molar-refractivity contribution in [2.45, 2.75) is 20.8 Å². The van der Waals surface area contributed by atoms with Crippen LogP contribution in [-0.2, 0) is 4.79 Å². The minimum atomic E-state index is -0.207. The number of carbonyl (C=O) groups excluding carboxylic acids is 2. The highest BCUT2D eigenvalue weighted by Gasteiger charge is 2.08. The lowest BCUT2D eigenvalue weighted by atomic mass is 10.2. The van der Waals surface area contributed by atoms with Crippen LogP contribution in [0.1, 0.15) is 30.0 Å². The molecule has 1 rings (SSSR count). The molecule has 0 saturated heterocycles. The third-order valence-electron chi connectivity index (χ3n) is 2.20. The molecule has 18 heavy (non-hydrogen) atoms. The molecule has 0 saturated carbocycles. The lowest BCUT2D eigenvalue weighted by Gasteiger charge is -2.10. The molecule has 5 nitrogen and oxygen atoms in total. The summed E-state index contributed by atoms with van der Waals surface area (Å²) in [6, 6.07) is 3.37. The van der Waals surface area contributed by atoms with E-state index in [4.69, 9.17) is 4.74 Å². The molecule has 0 aliphatic carbocycles. The fourth-order valence-corrected chi connectivity index (χ4v) is 1.28. The quantitative estimate of drug-likeness (QED) is 0.774. The Morgan fingerprint density at radius 2 is 2.22 bits per heavy atom. The van der Waals surface area contributed by atoms with Crippen molar-refractivity contribution in [1.82, 2.24) is 10.3 Å². The number of aldehydes is 1. The fraction of sp³-hybridized carbons (Fsp3) is 0.462. The average molecular weight is 250 g/mol. The Balaban J connectivity index is 2.53. The maximum Gasteiger partial charge on any atom is 0.257 e. The van der Waals surface area contributed by atoms with Crippen molar-refractivity contribution < 1.29 is 14.3 Å². The van der Waals surface area contributed by atoms with Crippen LogP contribution in [0.5, 0.6) is 5.75 Å². The molecule has 5 heteroatoms. The summed E-state index contributed by atoms with van der Waals surface area (Å²) < 4.78 is 5.27. The maximum atomic E-state index is 11.4. The first-order valence-corrected chi connectivity index (χ1v) is 5.85. The van der Waals surface area contributed by atoms with E-state index >= 15 is 0 Å². The minimum Gasteiger partial charge on any atom is -0.481 e. The second-order valence-corrected chi connectivity index (χ2v) is 4.44. The Labute approximate surface area is 107 Å². The zero-order valence-corrected chi connectivity index (χ0v) is 10.9. The summed E-state index contributed by atoms with van der Waals surface area (Å²) in [5, 5.41) is 2.73. The molecule has 0 atom stereocenters. The molecule has 0 spiro atoms. The van der Waals surface area contributed by atoms with Gasteiger partial charge < -0.3 is 10.1 Å². The first-order chi connectivity index (χ1) is 8.52. The molecule has 1 amide bonds. The Bertz CT molecular complexity index is 430. The van der Waals surface area contributed by atoms with E-state index in [1.54, 1.807) is 19.1 Å². The monoisotopic (exact) mass is 250 g/mol. The van der Waals surface area contributed by atoms with Gasteiger partial charge in [0.15, 0.2) is 12.9 Å². The van der Waals surface area contributed by atoms with Gasteiger partial charge in [-0.05, 0) is 25.0 Å². The molecule has 0 aliphatic rings. The number of aryl methyl sites for hydroxylation is 1. The fourth-order valence-electron chi connectivity index (χ4n) is 1.28. The standard InChI is InChI=1S/C13H18N2O3/c1-9(2)6-14-13(17)8-18-12-5-4-10(3)15-11(12)7-16/h4-5,7,9H,6,8H2,1-3H3,(H,14,17). The summed E-state index contributed by atoms with van der Waals surface area (Å²) in [4.78, 5) is 26.3. The summed E-state index contributed by atoms with van der Waals surface area (Å²) in [5.74, 6) is 0.511. The van der Waals surface area contributed by atoms with Crippen molar-refractivity contribution in [3.05, 3.63) is 23.5 Å². The molecule has 1 aromatic heterocycles. The number of amides is 1. The first-order valence-electron chi connectivity index (χ1n) is 5.85. The molecular weight excluding hydrogens is 232 g/mol. The third kappa shape index (κ3) is 4.53. The first kappa shape index (κ1) is 14.2. The van der Waals surface area contributed by atoms with Crippen molar-refractivity contribution in [2.24, 2.45) is 5.92 Å². The van der Waals surface area contributed by atoms with Gasteiger partial charge in [0.25, 0.3) is 5.91 Å². The minimum absolute atomic E-state index is 0.113. The van der Waals surface area contributed by atoms with Crippen LogP contribution in [0.4, 0.5) is 0 Å². The van der Waals surface area contributed by atoms with Gasteiger partial charge in [0.1, 0.15) is 11.4 Å². The van der Waals surface area contributed by atoms with Gasteiger partial charge in [0, 0.05) is 12.2 Å². The van der Waals surface area contributed by atoms with Gasteiger partial charge in [-0.25, -0.2) is 4.98 Å². The normalized spacial score (nSPS) is 10.2. The van der Waals surface area contributed by atoms with Gasteiger partial charge in [-0.3, -0.25) is 9.59 Å². The second kappa shape index (κ2) is 6.74. The van der Waals surface area contributed by atoms with E-state index in [0.717, 1.165) is 5.69 Å². The van der Waals surface area contributed by atoms with Gasteiger partial charge in [0.2, 0.25) is 0 Å². The molecule has 0 radical (unpaired) electrons. The molecule has 0 aliphatic heterocycles. The highest BCUT2D eigenvalue weighted by molar-refractivity contribution is 5.79. The van der Waals surface area contributed by atoms with Crippen molar-refractivity contribution in [2.75, 3.05) is 13.2 Å². The van der Waals surface area contributed by atoms with Gasteiger partial charge in [0.05, 0.1) is 0 Å². The van der Waals surface area contributed by atoms with Crippen LogP contribution in [0.25, 0.3) is 0 Å². The number of ether oxygens (including phenoxy) is 1. The lowest BCUT2D eigenvalue weighted by molar-refractivity contribution is -0.123. The van der Waals surface area contributed by atoms with Gasteiger partial charge in [-0.15, -0.1) is 0 Å². The molecule has 0 bridgehead atoms. The van der Waals surface area contributed by atoms with E-state index < -0.39 is 0 Å². The number of carbonyl (C=O) groups is 2. The van der Waals surface area contributed by atoms with Crippen LogP contribution >= 0.6 is 0 Å². The van der Waals surface area contributed by atoms with Crippen LogP contribution in [-0.4, -0.2) is 30.3 Å². The predicted octanol–water partition coefficient (Wildman–Crippen LogP) is 1.35. The molecule has 1 N–H and O–H groups in total. The Morgan fingerprint density at radius 1 is 1.50 bits per heavy atom. The summed E-state index contributed by atoms with van der Waals surface area (Å²) >= 11 is 0. The van der Waals surface area contributed by atoms with Crippen LogP contribution in [0.2, 0.25) is 0 Å². The Morgan fingerprint density at radius 3 is 2.83 bits per heavy atom. The van der Waals surface area contributed by atoms with E-state index in [2.05, 4.69) is 10.3 Å². The molecular formula is C13H18N2O3. The number of pyridine rings is 1. The van der Waals surface area contributed by atoms with E-state index in [9.17, 15) is 9.59 Å². The maximum absolute atomic E-state index is 11.4. The van der Waals surface area contributed by atoms with Crippen LogP contribution in [0.15, 0.2) is 12.1 Å². The Hall–Kier alpha value is -1.91. The highest BCUT2D eigenvalue weighted by Crippen LogP contribution is 2.14. The molecule has 1 aromatic rings. The van der Waals surface area contributed by atoms with Gasteiger partial charge in [-0.1, -0.05) is 13.8 Å². The predicted molar refractivity (Wildman–Crippen MR) is 67.7 cm³/mol. The zero-order valence-electron chi connectivity index (χ0n) is 10.9. The molecule has 1 heterocycles. The van der Waals surface area contributed by atoms with Crippen molar-refractivity contribution in [3.8, 4) is 5.75 Å². The number of aromatic nitrogens is 1. The second-order valence-electron chi connectivity index (χ2n) is 4.44. The van der Waals surface area contributed by atoms with Crippen LogP contribution in [0.3, 0.4) is 0 Å². The van der Waals surface area contributed by atoms with Gasteiger partial charge >= 0.3 is 0 Å². The lowest BCUT2D eigenvalue weighted by Crippen LogP contribution is -2.31.